The van der Waals surface area contributed by atoms with Crippen LogP contribution in [0.15, 0.2) is 12.4 Å². The first kappa shape index (κ1) is 14.0. The summed E-state index contributed by atoms with van der Waals surface area (Å²) in [5.74, 6) is 0.158. The Bertz CT molecular complexity index is 384. The molecule has 1 fully saturated rings. The van der Waals surface area contributed by atoms with E-state index in [1.54, 1.807) is 10.9 Å². The summed E-state index contributed by atoms with van der Waals surface area (Å²) < 4.78 is 1.78. The summed E-state index contributed by atoms with van der Waals surface area (Å²) in [6.07, 6.45) is 8.36. The second-order valence-corrected chi connectivity index (χ2v) is 5.14. The molecular weight excluding hydrogens is 242 g/mol. The van der Waals surface area contributed by atoms with Crippen molar-refractivity contribution in [2.24, 2.45) is 0 Å². The number of aryl methyl sites for hydroxylation is 1. The van der Waals surface area contributed by atoms with E-state index in [9.17, 15) is 4.79 Å². The number of hydrogen-bond donors (Lipinski definition) is 2. The third kappa shape index (κ3) is 3.53. The first-order valence-corrected chi connectivity index (χ1v) is 7.14. The van der Waals surface area contributed by atoms with Gasteiger partial charge in [0.05, 0.1) is 11.7 Å². The lowest BCUT2D eigenvalue weighted by Crippen LogP contribution is -2.53. The van der Waals surface area contributed by atoms with Gasteiger partial charge < -0.3 is 10.6 Å². The van der Waals surface area contributed by atoms with E-state index in [-0.39, 0.29) is 11.4 Å². The van der Waals surface area contributed by atoms with Crippen molar-refractivity contribution in [3.8, 4) is 0 Å². The van der Waals surface area contributed by atoms with Crippen molar-refractivity contribution in [2.75, 3.05) is 13.1 Å². The molecule has 1 aliphatic heterocycles. The summed E-state index contributed by atoms with van der Waals surface area (Å²) in [5.41, 5.74) is -0.317. The van der Waals surface area contributed by atoms with Gasteiger partial charge in [-0.15, -0.1) is 5.10 Å². The van der Waals surface area contributed by atoms with Gasteiger partial charge in [-0.2, -0.15) is 0 Å². The fraction of sp³-hybridized carbons (Fsp3) is 0.769. The molecule has 1 amide bonds. The summed E-state index contributed by atoms with van der Waals surface area (Å²) in [7, 11) is 0. The first-order valence-electron chi connectivity index (χ1n) is 7.14. The molecule has 19 heavy (non-hydrogen) atoms. The molecule has 2 heterocycles. The topological polar surface area (TPSA) is 71.8 Å². The van der Waals surface area contributed by atoms with Crippen LogP contribution in [0.1, 0.15) is 39.0 Å². The number of carbonyl (C=O) groups excluding carboxylic acids is 1. The SMILES string of the molecule is CCCC1(C(=O)NCCCn2ccnn2)CCCN1. The van der Waals surface area contributed by atoms with Gasteiger partial charge in [-0.05, 0) is 32.2 Å². The molecule has 2 N–H and O–H groups in total. The van der Waals surface area contributed by atoms with E-state index in [1.165, 1.54) is 0 Å². The zero-order valence-electron chi connectivity index (χ0n) is 11.6. The molecule has 1 aromatic rings. The van der Waals surface area contributed by atoms with Crippen LogP contribution in [-0.4, -0.2) is 39.5 Å². The Labute approximate surface area is 113 Å². The Morgan fingerprint density at radius 1 is 1.58 bits per heavy atom. The molecule has 1 aliphatic rings. The number of aromatic nitrogens is 3. The Morgan fingerprint density at radius 3 is 3.11 bits per heavy atom. The smallest absolute Gasteiger partial charge is 0.240 e. The van der Waals surface area contributed by atoms with Gasteiger partial charge in [0.1, 0.15) is 0 Å². The van der Waals surface area contributed by atoms with Crippen LogP contribution in [0.5, 0.6) is 0 Å². The summed E-state index contributed by atoms with van der Waals surface area (Å²) in [6, 6.07) is 0. The molecule has 1 unspecified atom stereocenters. The highest BCUT2D eigenvalue weighted by molar-refractivity contribution is 5.86. The number of nitrogens with zero attached hydrogens (tertiary/aromatic N) is 3. The van der Waals surface area contributed by atoms with E-state index in [0.29, 0.717) is 6.54 Å². The highest BCUT2D eigenvalue weighted by Crippen LogP contribution is 2.24. The molecule has 6 heteroatoms. The predicted molar refractivity (Wildman–Crippen MR) is 72.5 cm³/mol. The maximum atomic E-state index is 12.3. The van der Waals surface area contributed by atoms with E-state index in [1.807, 2.05) is 6.20 Å². The molecule has 6 nitrogen and oxygen atoms in total. The van der Waals surface area contributed by atoms with Gasteiger partial charge >= 0.3 is 0 Å². The van der Waals surface area contributed by atoms with Crippen molar-refractivity contribution in [1.82, 2.24) is 25.6 Å². The highest BCUT2D eigenvalue weighted by Gasteiger charge is 2.39. The third-order valence-corrected chi connectivity index (χ3v) is 3.68. The average Bonchev–Trinajstić information content (AvgIpc) is 3.06. The third-order valence-electron chi connectivity index (χ3n) is 3.68. The molecule has 0 saturated carbocycles. The van der Waals surface area contributed by atoms with Gasteiger partial charge in [-0.1, -0.05) is 18.6 Å². The fourth-order valence-corrected chi connectivity index (χ4v) is 2.72. The Balaban J connectivity index is 1.73. The van der Waals surface area contributed by atoms with Gasteiger partial charge in [-0.3, -0.25) is 9.48 Å². The van der Waals surface area contributed by atoms with Crippen molar-refractivity contribution < 1.29 is 4.79 Å². The van der Waals surface area contributed by atoms with E-state index in [2.05, 4.69) is 27.9 Å². The second kappa shape index (κ2) is 6.65. The quantitative estimate of drug-likeness (QED) is 0.712. The van der Waals surface area contributed by atoms with Crippen LogP contribution in [0, 0.1) is 0 Å². The number of amides is 1. The van der Waals surface area contributed by atoms with Crippen LogP contribution in [0.25, 0.3) is 0 Å². The number of hydrogen-bond acceptors (Lipinski definition) is 4. The summed E-state index contributed by atoms with van der Waals surface area (Å²) in [6.45, 7) is 4.55. The molecule has 1 atom stereocenters. The van der Waals surface area contributed by atoms with Gasteiger partial charge in [0.2, 0.25) is 5.91 Å². The molecule has 1 aromatic heterocycles. The van der Waals surface area contributed by atoms with E-state index < -0.39 is 0 Å². The normalized spacial score (nSPS) is 22.6. The van der Waals surface area contributed by atoms with Crippen LogP contribution in [0.3, 0.4) is 0 Å². The standard InChI is InChI=1S/C13H23N5O/c1-2-5-13(6-3-8-15-13)12(19)14-7-4-10-18-11-9-16-17-18/h9,11,15H,2-8,10H2,1H3,(H,14,19). The summed E-state index contributed by atoms with van der Waals surface area (Å²) >= 11 is 0. The zero-order chi connectivity index (χ0) is 13.6. The Hall–Kier alpha value is -1.43. The van der Waals surface area contributed by atoms with Crippen LogP contribution >= 0.6 is 0 Å². The number of rotatable bonds is 7. The maximum Gasteiger partial charge on any atom is 0.240 e. The number of carbonyl (C=O) groups is 1. The minimum atomic E-state index is -0.317. The van der Waals surface area contributed by atoms with Crippen molar-refractivity contribution in [1.29, 1.82) is 0 Å². The molecule has 0 spiro atoms. The van der Waals surface area contributed by atoms with E-state index >= 15 is 0 Å². The molecule has 0 aliphatic carbocycles. The molecular formula is C13H23N5O. The minimum Gasteiger partial charge on any atom is -0.354 e. The van der Waals surface area contributed by atoms with Crippen LogP contribution in [0.4, 0.5) is 0 Å². The predicted octanol–water partition coefficient (Wildman–Crippen LogP) is 0.707. The van der Waals surface area contributed by atoms with E-state index in [0.717, 1.165) is 45.2 Å². The average molecular weight is 265 g/mol. The van der Waals surface area contributed by atoms with Gasteiger partial charge in [0, 0.05) is 19.3 Å². The molecule has 1 saturated heterocycles. The largest absolute Gasteiger partial charge is 0.354 e. The molecule has 0 bridgehead atoms. The van der Waals surface area contributed by atoms with Crippen LogP contribution < -0.4 is 10.6 Å². The van der Waals surface area contributed by atoms with Crippen molar-refractivity contribution >= 4 is 5.91 Å². The highest BCUT2D eigenvalue weighted by atomic mass is 16.2. The monoisotopic (exact) mass is 265 g/mol. The summed E-state index contributed by atoms with van der Waals surface area (Å²) in [5, 5.41) is 14.1. The fourth-order valence-electron chi connectivity index (χ4n) is 2.72. The molecule has 0 radical (unpaired) electrons. The Kier molecular flexibility index (Phi) is 4.90. The van der Waals surface area contributed by atoms with Crippen molar-refractivity contribution in [3.05, 3.63) is 12.4 Å². The lowest BCUT2D eigenvalue weighted by Gasteiger charge is -2.27. The van der Waals surface area contributed by atoms with Gasteiger partial charge in [0.25, 0.3) is 0 Å². The van der Waals surface area contributed by atoms with Gasteiger partial charge in [-0.25, -0.2) is 0 Å². The molecule has 106 valence electrons. The van der Waals surface area contributed by atoms with Crippen LogP contribution in [0.2, 0.25) is 0 Å². The lowest BCUT2D eigenvalue weighted by atomic mass is 9.91. The van der Waals surface area contributed by atoms with Crippen molar-refractivity contribution in [2.45, 2.75) is 51.1 Å². The molecule has 0 aromatic carbocycles. The Morgan fingerprint density at radius 2 is 2.47 bits per heavy atom. The molecule has 2 rings (SSSR count). The minimum absolute atomic E-state index is 0.158. The maximum absolute atomic E-state index is 12.3. The van der Waals surface area contributed by atoms with Gasteiger partial charge in [0.15, 0.2) is 0 Å². The first-order chi connectivity index (χ1) is 9.27. The van der Waals surface area contributed by atoms with Crippen LogP contribution in [-0.2, 0) is 11.3 Å². The lowest BCUT2D eigenvalue weighted by molar-refractivity contribution is -0.127. The second-order valence-electron chi connectivity index (χ2n) is 5.14. The van der Waals surface area contributed by atoms with E-state index in [4.69, 9.17) is 0 Å². The van der Waals surface area contributed by atoms with Crippen molar-refractivity contribution in [3.63, 3.8) is 0 Å². The number of nitrogens with one attached hydrogen (secondary N) is 2. The summed E-state index contributed by atoms with van der Waals surface area (Å²) in [4.78, 5) is 12.3. The zero-order valence-corrected chi connectivity index (χ0v) is 11.6.